The van der Waals surface area contributed by atoms with Gasteiger partial charge in [-0.15, -0.1) is 0 Å². The fourth-order valence-electron chi connectivity index (χ4n) is 4.22. The molecule has 4 rings (SSSR count). The Morgan fingerprint density at radius 1 is 0.947 bits per heavy atom. The number of benzene rings is 3. The average molecular weight is 516 g/mol. The number of aliphatic hydroxyl groups excluding tert-OH is 1. The zero-order valence-electron chi connectivity index (χ0n) is 21.6. The van der Waals surface area contributed by atoms with Gasteiger partial charge in [0.2, 0.25) is 0 Å². The third kappa shape index (κ3) is 5.54. The van der Waals surface area contributed by atoms with E-state index < -0.39 is 23.7 Å². The number of amides is 1. The van der Waals surface area contributed by atoms with Crippen LogP contribution in [0, 0.1) is 5.92 Å². The maximum atomic E-state index is 13.4. The van der Waals surface area contributed by atoms with Gasteiger partial charge < -0.3 is 19.3 Å². The molecular weight excluding hydrogens is 486 g/mol. The van der Waals surface area contributed by atoms with Gasteiger partial charge in [-0.3, -0.25) is 19.3 Å². The van der Waals surface area contributed by atoms with Crippen molar-refractivity contribution in [3.63, 3.8) is 0 Å². The lowest BCUT2D eigenvalue weighted by molar-refractivity contribution is -0.132. The number of nitrogens with zero attached hydrogens (tertiary/aromatic N) is 1. The van der Waals surface area contributed by atoms with E-state index in [9.17, 15) is 19.5 Å². The second-order valence-corrected chi connectivity index (χ2v) is 9.27. The van der Waals surface area contributed by atoms with E-state index in [4.69, 9.17) is 14.2 Å². The third-order valence-corrected chi connectivity index (χ3v) is 5.92. The summed E-state index contributed by atoms with van der Waals surface area (Å²) in [5.74, 6) is -0.772. The van der Waals surface area contributed by atoms with E-state index in [0.717, 1.165) is 0 Å². The highest BCUT2D eigenvalue weighted by Gasteiger charge is 2.47. The second kappa shape index (κ2) is 11.2. The Hall–Kier alpha value is -4.59. The lowest BCUT2D eigenvalue weighted by atomic mass is 9.95. The first-order valence-electron chi connectivity index (χ1n) is 12.2. The van der Waals surface area contributed by atoms with Crippen molar-refractivity contribution in [2.45, 2.75) is 26.8 Å². The molecule has 0 aromatic heterocycles. The molecular formula is C30H29NO7. The smallest absolute Gasteiger partial charge is 0.308 e. The van der Waals surface area contributed by atoms with E-state index in [1.807, 2.05) is 13.8 Å². The van der Waals surface area contributed by atoms with Crippen molar-refractivity contribution >= 4 is 29.1 Å². The number of rotatable bonds is 8. The summed E-state index contributed by atoms with van der Waals surface area (Å²) < 4.78 is 16.3. The lowest BCUT2D eigenvalue weighted by Crippen LogP contribution is -2.29. The maximum absolute atomic E-state index is 13.4. The zero-order chi connectivity index (χ0) is 27.4. The molecule has 1 fully saturated rings. The SMILES string of the molecule is COc1cccc(N2C(=O)C(=O)/C(=C(/O)c3ccc(OCC(C)C)cc3)C2c2cccc(OC(C)=O)c2)c1. The Balaban J connectivity index is 1.85. The number of ketones is 1. The van der Waals surface area contributed by atoms with Crippen LogP contribution in [-0.2, 0) is 14.4 Å². The van der Waals surface area contributed by atoms with E-state index in [2.05, 4.69) is 0 Å². The van der Waals surface area contributed by atoms with Crippen LogP contribution < -0.4 is 19.1 Å². The van der Waals surface area contributed by atoms with Crippen LogP contribution in [0.5, 0.6) is 17.2 Å². The third-order valence-electron chi connectivity index (χ3n) is 5.92. The number of anilines is 1. The van der Waals surface area contributed by atoms with Gasteiger partial charge in [-0.05, 0) is 60.0 Å². The van der Waals surface area contributed by atoms with Crippen LogP contribution >= 0.6 is 0 Å². The first-order valence-corrected chi connectivity index (χ1v) is 12.2. The van der Waals surface area contributed by atoms with Crippen molar-refractivity contribution in [2.24, 2.45) is 5.92 Å². The van der Waals surface area contributed by atoms with E-state index in [1.165, 1.54) is 18.9 Å². The fraction of sp³-hybridized carbons (Fsp3) is 0.233. The number of hydrogen-bond acceptors (Lipinski definition) is 7. The molecule has 1 aliphatic rings. The quantitative estimate of drug-likeness (QED) is 0.143. The summed E-state index contributed by atoms with van der Waals surface area (Å²) in [7, 11) is 1.50. The van der Waals surface area contributed by atoms with Gasteiger partial charge >= 0.3 is 5.97 Å². The molecule has 3 aromatic carbocycles. The van der Waals surface area contributed by atoms with Gasteiger partial charge in [0, 0.05) is 24.2 Å². The molecule has 1 amide bonds. The van der Waals surface area contributed by atoms with E-state index in [-0.39, 0.29) is 17.1 Å². The molecule has 1 saturated heterocycles. The normalized spacial score (nSPS) is 16.6. The number of esters is 1. The molecule has 1 N–H and O–H groups in total. The number of hydrogen-bond donors (Lipinski definition) is 1. The first kappa shape index (κ1) is 26.5. The number of aliphatic hydroxyl groups is 1. The van der Waals surface area contributed by atoms with Crippen LogP contribution in [0.15, 0.2) is 78.4 Å². The summed E-state index contributed by atoms with van der Waals surface area (Å²) in [5.41, 5.74) is 1.15. The molecule has 8 heteroatoms. The number of ether oxygens (including phenoxy) is 3. The molecule has 3 aromatic rings. The average Bonchev–Trinajstić information content (AvgIpc) is 3.17. The molecule has 8 nitrogen and oxygen atoms in total. The summed E-state index contributed by atoms with van der Waals surface area (Å²) >= 11 is 0. The minimum absolute atomic E-state index is 0.0892. The van der Waals surface area contributed by atoms with Crippen molar-refractivity contribution in [3.05, 3.63) is 89.5 Å². The van der Waals surface area contributed by atoms with E-state index in [1.54, 1.807) is 72.8 Å². The highest BCUT2D eigenvalue weighted by Crippen LogP contribution is 2.43. The monoisotopic (exact) mass is 515 g/mol. The Bertz CT molecular complexity index is 1390. The van der Waals surface area contributed by atoms with Gasteiger partial charge in [-0.25, -0.2) is 0 Å². The molecule has 0 bridgehead atoms. The molecule has 1 atom stereocenters. The van der Waals surface area contributed by atoms with Gasteiger partial charge in [0.1, 0.15) is 23.0 Å². The molecule has 0 radical (unpaired) electrons. The van der Waals surface area contributed by atoms with Crippen LogP contribution in [0.3, 0.4) is 0 Å². The largest absolute Gasteiger partial charge is 0.507 e. The molecule has 1 unspecified atom stereocenters. The minimum Gasteiger partial charge on any atom is -0.507 e. The highest BCUT2D eigenvalue weighted by atomic mass is 16.5. The zero-order valence-corrected chi connectivity index (χ0v) is 21.6. The van der Waals surface area contributed by atoms with E-state index >= 15 is 0 Å². The summed E-state index contributed by atoms with van der Waals surface area (Å²) in [6, 6.07) is 18.9. The second-order valence-electron chi connectivity index (χ2n) is 9.27. The molecule has 1 heterocycles. The number of carbonyl (C=O) groups is 3. The predicted molar refractivity (Wildman–Crippen MR) is 142 cm³/mol. The summed E-state index contributed by atoms with van der Waals surface area (Å²) in [5, 5.41) is 11.4. The van der Waals surface area contributed by atoms with Crippen LogP contribution in [0.1, 0.15) is 37.9 Å². The number of Topliss-reactive ketones (excluding diaryl/α,β-unsaturated/α-hetero) is 1. The lowest BCUT2D eigenvalue weighted by Gasteiger charge is -2.26. The van der Waals surface area contributed by atoms with Crippen LogP contribution in [0.2, 0.25) is 0 Å². The van der Waals surface area contributed by atoms with Crippen LogP contribution in [0.25, 0.3) is 5.76 Å². The molecule has 1 aliphatic heterocycles. The van der Waals surface area contributed by atoms with Crippen LogP contribution in [-0.4, -0.2) is 36.5 Å². The predicted octanol–water partition coefficient (Wildman–Crippen LogP) is 5.28. The first-order chi connectivity index (χ1) is 18.2. The summed E-state index contributed by atoms with van der Waals surface area (Å²) in [6.07, 6.45) is 0. The van der Waals surface area contributed by atoms with Gasteiger partial charge in [0.25, 0.3) is 11.7 Å². The maximum Gasteiger partial charge on any atom is 0.308 e. The fourth-order valence-corrected chi connectivity index (χ4v) is 4.22. The van der Waals surface area contributed by atoms with Crippen molar-refractivity contribution in [2.75, 3.05) is 18.6 Å². The number of methoxy groups -OCH3 is 1. The highest BCUT2D eigenvalue weighted by molar-refractivity contribution is 6.51. The Morgan fingerprint density at radius 3 is 2.29 bits per heavy atom. The minimum atomic E-state index is -0.991. The standard InChI is InChI=1S/C30H29NO7/c1-18(2)17-37-23-13-11-20(12-14-23)28(33)26-27(21-7-5-10-25(15-21)38-19(3)32)31(30(35)29(26)34)22-8-6-9-24(16-22)36-4/h5-16,18,27,33H,17H2,1-4H3/b28-26+. The van der Waals surface area contributed by atoms with Gasteiger partial charge in [0.05, 0.1) is 25.3 Å². The molecule has 196 valence electrons. The Labute approximate surface area is 221 Å². The number of carbonyl (C=O) groups excluding carboxylic acids is 3. The molecule has 0 spiro atoms. The van der Waals surface area contributed by atoms with Crippen molar-refractivity contribution in [1.29, 1.82) is 0 Å². The molecule has 0 saturated carbocycles. The topological polar surface area (TPSA) is 102 Å². The summed E-state index contributed by atoms with van der Waals surface area (Å²) in [4.78, 5) is 39.7. The Morgan fingerprint density at radius 2 is 1.63 bits per heavy atom. The van der Waals surface area contributed by atoms with E-state index in [0.29, 0.717) is 40.8 Å². The van der Waals surface area contributed by atoms with Gasteiger partial charge in [-0.1, -0.05) is 32.0 Å². The van der Waals surface area contributed by atoms with Crippen molar-refractivity contribution < 1.29 is 33.7 Å². The summed E-state index contributed by atoms with van der Waals surface area (Å²) in [6.45, 7) is 5.90. The van der Waals surface area contributed by atoms with Gasteiger partial charge in [-0.2, -0.15) is 0 Å². The van der Waals surface area contributed by atoms with Crippen molar-refractivity contribution in [3.8, 4) is 17.2 Å². The Kier molecular flexibility index (Phi) is 7.81. The van der Waals surface area contributed by atoms with Gasteiger partial charge in [0.15, 0.2) is 0 Å². The molecule has 38 heavy (non-hydrogen) atoms. The van der Waals surface area contributed by atoms with Crippen LogP contribution in [0.4, 0.5) is 5.69 Å². The molecule has 0 aliphatic carbocycles. The van der Waals surface area contributed by atoms with Crippen molar-refractivity contribution in [1.82, 2.24) is 0 Å².